The number of hydrogen-bond acceptors (Lipinski definition) is 4. The second-order valence-electron chi connectivity index (χ2n) is 5.52. The predicted octanol–water partition coefficient (Wildman–Crippen LogP) is 0.882. The van der Waals surface area contributed by atoms with Gasteiger partial charge in [0, 0.05) is 12.6 Å². The van der Waals surface area contributed by atoms with Gasteiger partial charge in [0.2, 0.25) is 10.0 Å². The number of rotatable bonds is 5. The molecule has 0 amide bonds. The number of ether oxygens (including phenoxy) is 1. The summed E-state index contributed by atoms with van der Waals surface area (Å²) in [6.07, 6.45) is 5.07. The number of hydrogen-bond donors (Lipinski definition) is 2. The van der Waals surface area contributed by atoms with Gasteiger partial charge in [-0.3, -0.25) is 0 Å². The zero-order valence-electron chi connectivity index (χ0n) is 11.2. The Morgan fingerprint density at radius 2 is 1.95 bits per heavy atom. The van der Waals surface area contributed by atoms with E-state index in [1.807, 2.05) is 0 Å². The highest BCUT2D eigenvalue weighted by atomic mass is 35.5. The Balaban J connectivity index is 0.00000180. The van der Waals surface area contributed by atoms with Crippen molar-refractivity contribution in [2.24, 2.45) is 17.6 Å². The summed E-state index contributed by atoms with van der Waals surface area (Å²) < 4.78 is 32.3. The van der Waals surface area contributed by atoms with E-state index in [9.17, 15) is 8.42 Å². The molecule has 0 spiro atoms. The van der Waals surface area contributed by atoms with Gasteiger partial charge in [-0.05, 0) is 37.6 Å². The molecule has 114 valence electrons. The lowest BCUT2D eigenvalue weighted by atomic mass is 9.85. The van der Waals surface area contributed by atoms with Crippen LogP contribution in [0.4, 0.5) is 0 Å². The van der Waals surface area contributed by atoms with Crippen LogP contribution >= 0.6 is 12.4 Å². The van der Waals surface area contributed by atoms with E-state index in [0.29, 0.717) is 25.7 Å². The van der Waals surface area contributed by atoms with Crippen molar-refractivity contribution >= 4 is 22.4 Å². The molecule has 2 fully saturated rings. The minimum absolute atomic E-state index is 0. The third-order valence-corrected chi connectivity index (χ3v) is 5.59. The van der Waals surface area contributed by atoms with E-state index in [1.165, 1.54) is 0 Å². The lowest BCUT2D eigenvalue weighted by Gasteiger charge is -2.31. The third kappa shape index (κ3) is 5.19. The van der Waals surface area contributed by atoms with E-state index in [4.69, 9.17) is 10.5 Å². The maximum absolute atomic E-state index is 12.1. The fourth-order valence-corrected chi connectivity index (χ4v) is 4.70. The summed E-state index contributed by atoms with van der Waals surface area (Å²) in [7, 11) is -3.19. The molecule has 3 unspecified atom stereocenters. The van der Waals surface area contributed by atoms with Crippen molar-refractivity contribution in [1.29, 1.82) is 0 Å². The average Bonchev–Trinajstić information content (AvgIpc) is 2.81. The van der Waals surface area contributed by atoms with E-state index in [1.54, 1.807) is 0 Å². The molecule has 0 aromatic heterocycles. The van der Waals surface area contributed by atoms with Crippen LogP contribution in [0.2, 0.25) is 0 Å². The fraction of sp³-hybridized carbons (Fsp3) is 1.00. The highest BCUT2D eigenvalue weighted by molar-refractivity contribution is 7.89. The van der Waals surface area contributed by atoms with Gasteiger partial charge in [-0.25, -0.2) is 13.1 Å². The fourth-order valence-electron chi connectivity index (χ4n) is 2.95. The molecule has 5 nitrogen and oxygen atoms in total. The molecule has 1 aliphatic heterocycles. The molecule has 2 aliphatic rings. The molecule has 0 radical (unpaired) electrons. The van der Waals surface area contributed by atoms with Crippen LogP contribution in [0.1, 0.15) is 32.1 Å². The van der Waals surface area contributed by atoms with Gasteiger partial charge >= 0.3 is 0 Å². The highest BCUT2D eigenvalue weighted by Crippen LogP contribution is 2.24. The SMILES string of the molecule is Cl.NCC1CCCCC1NS(=O)(=O)CC1CCOC1. The molecule has 0 aromatic carbocycles. The normalized spacial score (nSPS) is 31.9. The van der Waals surface area contributed by atoms with E-state index < -0.39 is 10.0 Å². The van der Waals surface area contributed by atoms with Crippen LogP contribution in [-0.2, 0) is 14.8 Å². The molecule has 7 heteroatoms. The largest absolute Gasteiger partial charge is 0.381 e. The maximum atomic E-state index is 12.1. The molecule has 19 heavy (non-hydrogen) atoms. The van der Waals surface area contributed by atoms with Crippen LogP contribution in [0.5, 0.6) is 0 Å². The van der Waals surface area contributed by atoms with Gasteiger partial charge in [0.25, 0.3) is 0 Å². The maximum Gasteiger partial charge on any atom is 0.212 e. The van der Waals surface area contributed by atoms with Crippen LogP contribution < -0.4 is 10.5 Å². The lowest BCUT2D eigenvalue weighted by Crippen LogP contribution is -2.46. The average molecular weight is 313 g/mol. The van der Waals surface area contributed by atoms with E-state index in [-0.39, 0.29) is 30.1 Å². The zero-order chi connectivity index (χ0) is 13.0. The van der Waals surface area contributed by atoms with Gasteiger partial charge in [-0.15, -0.1) is 12.4 Å². The molecule has 1 aliphatic carbocycles. The van der Waals surface area contributed by atoms with Gasteiger partial charge in [0.15, 0.2) is 0 Å². The first-order valence-corrected chi connectivity index (χ1v) is 8.54. The summed E-state index contributed by atoms with van der Waals surface area (Å²) in [4.78, 5) is 0. The molecule has 3 N–H and O–H groups in total. The summed E-state index contributed by atoms with van der Waals surface area (Å²) in [6, 6.07) is 0.0380. The van der Waals surface area contributed by atoms with Crippen LogP contribution in [0.15, 0.2) is 0 Å². The van der Waals surface area contributed by atoms with Crippen LogP contribution in [0, 0.1) is 11.8 Å². The molecule has 1 heterocycles. The van der Waals surface area contributed by atoms with Crippen molar-refractivity contribution in [2.75, 3.05) is 25.5 Å². The first-order valence-electron chi connectivity index (χ1n) is 6.88. The van der Waals surface area contributed by atoms with E-state index in [2.05, 4.69) is 4.72 Å². The van der Waals surface area contributed by atoms with Crippen LogP contribution in [-0.4, -0.2) is 40.0 Å². The second kappa shape index (κ2) is 7.78. The van der Waals surface area contributed by atoms with Gasteiger partial charge in [0.1, 0.15) is 0 Å². The smallest absolute Gasteiger partial charge is 0.212 e. The summed E-state index contributed by atoms with van der Waals surface area (Å²) in [6.45, 7) is 1.83. The molecular formula is C12H25ClN2O3S. The monoisotopic (exact) mass is 312 g/mol. The summed E-state index contributed by atoms with van der Waals surface area (Å²) in [5.41, 5.74) is 5.72. The van der Waals surface area contributed by atoms with Crippen molar-refractivity contribution in [3.63, 3.8) is 0 Å². The Labute approximate surface area is 122 Å². The first kappa shape index (κ1) is 17.2. The first-order chi connectivity index (χ1) is 8.61. The second-order valence-corrected chi connectivity index (χ2v) is 7.31. The third-order valence-electron chi connectivity index (χ3n) is 4.02. The molecule has 3 atom stereocenters. The topological polar surface area (TPSA) is 81.4 Å². The number of halogens is 1. The quantitative estimate of drug-likeness (QED) is 0.789. The van der Waals surface area contributed by atoms with Gasteiger partial charge in [-0.1, -0.05) is 12.8 Å². The number of sulfonamides is 1. The van der Waals surface area contributed by atoms with Crippen molar-refractivity contribution < 1.29 is 13.2 Å². The van der Waals surface area contributed by atoms with Crippen molar-refractivity contribution in [3.8, 4) is 0 Å². The number of nitrogens with one attached hydrogen (secondary N) is 1. The Bertz CT molecular complexity index is 358. The van der Waals surface area contributed by atoms with Gasteiger partial charge in [0.05, 0.1) is 12.4 Å². The molecular weight excluding hydrogens is 288 g/mol. The Kier molecular flexibility index (Phi) is 7.04. The lowest BCUT2D eigenvalue weighted by molar-refractivity contribution is 0.188. The summed E-state index contributed by atoms with van der Waals surface area (Å²) in [5.74, 6) is 0.650. The Hall–Kier alpha value is 0.120. The van der Waals surface area contributed by atoms with Crippen LogP contribution in [0.3, 0.4) is 0 Å². The van der Waals surface area contributed by atoms with Gasteiger partial charge < -0.3 is 10.5 Å². The van der Waals surface area contributed by atoms with Crippen molar-refractivity contribution in [1.82, 2.24) is 4.72 Å². The molecule has 0 aromatic rings. The summed E-state index contributed by atoms with van der Waals surface area (Å²) >= 11 is 0. The standard InChI is InChI=1S/C12H24N2O3S.ClH/c13-7-11-3-1-2-4-12(11)14-18(15,16)9-10-5-6-17-8-10;/h10-12,14H,1-9,13H2;1H. The van der Waals surface area contributed by atoms with Crippen molar-refractivity contribution in [3.05, 3.63) is 0 Å². The zero-order valence-corrected chi connectivity index (χ0v) is 12.8. The highest BCUT2D eigenvalue weighted by Gasteiger charge is 2.30. The molecule has 1 saturated heterocycles. The Morgan fingerprint density at radius 3 is 2.58 bits per heavy atom. The molecule has 2 rings (SSSR count). The number of nitrogens with two attached hydrogens (primary N) is 1. The molecule has 0 bridgehead atoms. The summed E-state index contributed by atoms with van der Waals surface area (Å²) in [5, 5.41) is 0. The van der Waals surface area contributed by atoms with Crippen LogP contribution in [0.25, 0.3) is 0 Å². The minimum atomic E-state index is -3.19. The Morgan fingerprint density at radius 1 is 1.21 bits per heavy atom. The van der Waals surface area contributed by atoms with Gasteiger partial charge in [-0.2, -0.15) is 0 Å². The van der Waals surface area contributed by atoms with E-state index in [0.717, 1.165) is 32.1 Å². The minimum Gasteiger partial charge on any atom is -0.381 e. The van der Waals surface area contributed by atoms with E-state index >= 15 is 0 Å². The molecule has 1 saturated carbocycles. The predicted molar refractivity (Wildman–Crippen MR) is 77.9 cm³/mol. The van der Waals surface area contributed by atoms with Crippen molar-refractivity contribution in [2.45, 2.75) is 38.1 Å².